The van der Waals surface area contributed by atoms with E-state index >= 15 is 0 Å². The standard InChI is InChI=1S/C15H16FNOS/c1-11-7-8-14(13(16)10-11)17-15(18)6-2-4-12-5-3-9-19-12/h3,5,7-10H,2,4,6H2,1H3,(H,17,18). The third-order valence-corrected chi connectivity index (χ3v) is 3.74. The van der Waals surface area contributed by atoms with Crippen molar-refractivity contribution in [2.75, 3.05) is 5.32 Å². The number of halogens is 1. The summed E-state index contributed by atoms with van der Waals surface area (Å²) in [6, 6.07) is 8.86. The van der Waals surface area contributed by atoms with Crippen LogP contribution < -0.4 is 5.32 Å². The van der Waals surface area contributed by atoms with E-state index in [1.54, 1.807) is 23.5 Å². The van der Waals surface area contributed by atoms with Crippen molar-refractivity contribution in [3.8, 4) is 0 Å². The topological polar surface area (TPSA) is 29.1 Å². The maximum absolute atomic E-state index is 13.5. The minimum absolute atomic E-state index is 0.140. The van der Waals surface area contributed by atoms with Gasteiger partial charge in [-0.15, -0.1) is 11.3 Å². The second kappa shape index (κ2) is 6.48. The third kappa shape index (κ3) is 4.17. The Kier molecular flexibility index (Phi) is 4.68. The van der Waals surface area contributed by atoms with Crippen LogP contribution in [-0.4, -0.2) is 5.91 Å². The van der Waals surface area contributed by atoms with Crippen LogP contribution in [0, 0.1) is 12.7 Å². The van der Waals surface area contributed by atoms with E-state index in [0.29, 0.717) is 6.42 Å². The Balaban J connectivity index is 1.80. The molecule has 4 heteroatoms. The Morgan fingerprint density at radius 1 is 1.37 bits per heavy atom. The first-order valence-corrected chi connectivity index (χ1v) is 7.11. The number of hydrogen-bond acceptors (Lipinski definition) is 2. The average Bonchev–Trinajstić information content (AvgIpc) is 2.86. The van der Waals surface area contributed by atoms with Gasteiger partial charge in [0.05, 0.1) is 5.69 Å². The van der Waals surface area contributed by atoms with E-state index in [0.717, 1.165) is 18.4 Å². The van der Waals surface area contributed by atoms with Gasteiger partial charge in [0, 0.05) is 11.3 Å². The Labute approximate surface area is 116 Å². The molecule has 0 saturated heterocycles. The first-order valence-electron chi connectivity index (χ1n) is 6.23. The van der Waals surface area contributed by atoms with Gasteiger partial charge >= 0.3 is 0 Å². The summed E-state index contributed by atoms with van der Waals surface area (Å²) < 4.78 is 13.5. The highest BCUT2D eigenvalue weighted by atomic mass is 32.1. The van der Waals surface area contributed by atoms with Gasteiger partial charge in [0.1, 0.15) is 5.82 Å². The van der Waals surface area contributed by atoms with Crippen LogP contribution in [0.5, 0.6) is 0 Å². The maximum atomic E-state index is 13.5. The Morgan fingerprint density at radius 2 is 2.21 bits per heavy atom. The number of aryl methyl sites for hydroxylation is 2. The van der Waals surface area contributed by atoms with Crippen molar-refractivity contribution in [3.63, 3.8) is 0 Å². The Hall–Kier alpha value is -1.68. The largest absolute Gasteiger partial charge is 0.324 e. The normalized spacial score (nSPS) is 10.4. The van der Waals surface area contributed by atoms with Crippen molar-refractivity contribution >= 4 is 22.9 Å². The smallest absolute Gasteiger partial charge is 0.224 e. The predicted octanol–water partition coefficient (Wildman–Crippen LogP) is 4.16. The molecule has 0 aliphatic heterocycles. The van der Waals surface area contributed by atoms with Crippen LogP contribution in [0.3, 0.4) is 0 Å². The van der Waals surface area contributed by atoms with Gasteiger partial charge in [-0.1, -0.05) is 12.1 Å². The molecule has 2 rings (SSSR count). The van der Waals surface area contributed by atoms with Crippen molar-refractivity contribution in [2.24, 2.45) is 0 Å². The number of anilines is 1. The van der Waals surface area contributed by atoms with Crippen LogP contribution in [0.2, 0.25) is 0 Å². The summed E-state index contributed by atoms with van der Waals surface area (Å²) in [5.74, 6) is -0.522. The lowest BCUT2D eigenvalue weighted by Crippen LogP contribution is -2.12. The second-order valence-corrected chi connectivity index (χ2v) is 5.50. The molecule has 2 aromatic rings. The van der Waals surface area contributed by atoms with Crippen LogP contribution in [-0.2, 0) is 11.2 Å². The fraction of sp³-hybridized carbons (Fsp3) is 0.267. The molecule has 0 aliphatic rings. The molecule has 1 amide bonds. The van der Waals surface area contributed by atoms with Crippen molar-refractivity contribution in [3.05, 3.63) is 52.0 Å². The van der Waals surface area contributed by atoms with E-state index in [-0.39, 0.29) is 17.4 Å². The van der Waals surface area contributed by atoms with Crippen LogP contribution >= 0.6 is 11.3 Å². The summed E-state index contributed by atoms with van der Waals surface area (Å²) in [5, 5.41) is 4.63. The highest BCUT2D eigenvalue weighted by Crippen LogP contribution is 2.16. The minimum Gasteiger partial charge on any atom is -0.324 e. The lowest BCUT2D eigenvalue weighted by Gasteiger charge is -2.06. The van der Waals surface area contributed by atoms with E-state index in [4.69, 9.17) is 0 Å². The highest BCUT2D eigenvalue weighted by molar-refractivity contribution is 7.09. The van der Waals surface area contributed by atoms with Crippen molar-refractivity contribution in [1.29, 1.82) is 0 Å². The van der Waals surface area contributed by atoms with E-state index < -0.39 is 0 Å². The van der Waals surface area contributed by atoms with E-state index in [1.165, 1.54) is 10.9 Å². The summed E-state index contributed by atoms with van der Waals surface area (Å²) in [6.45, 7) is 1.82. The van der Waals surface area contributed by atoms with Crippen LogP contribution in [0.4, 0.5) is 10.1 Å². The lowest BCUT2D eigenvalue weighted by atomic mass is 10.2. The zero-order valence-electron chi connectivity index (χ0n) is 10.8. The minimum atomic E-state index is -0.383. The van der Waals surface area contributed by atoms with Gasteiger partial charge in [0.25, 0.3) is 0 Å². The van der Waals surface area contributed by atoms with Crippen LogP contribution in [0.25, 0.3) is 0 Å². The summed E-state index contributed by atoms with van der Waals surface area (Å²) in [4.78, 5) is 13.0. The number of nitrogens with one attached hydrogen (secondary N) is 1. The molecule has 1 aromatic heterocycles. The number of carbonyl (C=O) groups is 1. The van der Waals surface area contributed by atoms with Crippen molar-refractivity contribution < 1.29 is 9.18 Å². The van der Waals surface area contributed by atoms with E-state index in [9.17, 15) is 9.18 Å². The molecule has 1 heterocycles. The molecule has 2 nitrogen and oxygen atoms in total. The zero-order chi connectivity index (χ0) is 13.7. The third-order valence-electron chi connectivity index (χ3n) is 2.81. The number of benzene rings is 1. The lowest BCUT2D eigenvalue weighted by molar-refractivity contribution is -0.116. The van der Waals surface area contributed by atoms with Gasteiger partial charge in [-0.2, -0.15) is 0 Å². The number of amides is 1. The number of carbonyl (C=O) groups excluding carboxylic acids is 1. The molecule has 0 aliphatic carbocycles. The molecule has 0 atom stereocenters. The molecule has 0 saturated carbocycles. The van der Waals surface area contributed by atoms with Crippen molar-refractivity contribution in [2.45, 2.75) is 26.2 Å². The summed E-state index contributed by atoms with van der Waals surface area (Å²) in [7, 11) is 0. The van der Waals surface area contributed by atoms with Gasteiger partial charge in [-0.3, -0.25) is 4.79 Å². The van der Waals surface area contributed by atoms with Gasteiger partial charge in [-0.25, -0.2) is 4.39 Å². The molecule has 0 bridgehead atoms. The SMILES string of the molecule is Cc1ccc(NC(=O)CCCc2cccs2)c(F)c1. The fourth-order valence-corrected chi connectivity index (χ4v) is 2.56. The van der Waals surface area contributed by atoms with Gasteiger partial charge < -0.3 is 5.32 Å². The summed E-state index contributed by atoms with van der Waals surface area (Å²) in [6.07, 6.45) is 2.08. The molecule has 0 radical (unpaired) electrons. The predicted molar refractivity (Wildman–Crippen MR) is 77.0 cm³/mol. The molecule has 1 aromatic carbocycles. The molecule has 0 spiro atoms. The molecule has 0 fully saturated rings. The molecule has 0 unspecified atom stereocenters. The fourth-order valence-electron chi connectivity index (χ4n) is 1.81. The summed E-state index contributed by atoms with van der Waals surface area (Å²) >= 11 is 1.69. The molecular formula is C15H16FNOS. The van der Waals surface area contributed by atoms with Crippen LogP contribution in [0.1, 0.15) is 23.3 Å². The van der Waals surface area contributed by atoms with Gasteiger partial charge in [-0.05, 0) is 48.9 Å². The number of rotatable bonds is 5. The Bertz CT molecular complexity index is 551. The molecule has 19 heavy (non-hydrogen) atoms. The van der Waals surface area contributed by atoms with E-state index in [2.05, 4.69) is 11.4 Å². The first-order chi connectivity index (χ1) is 9.15. The number of hydrogen-bond donors (Lipinski definition) is 1. The molecule has 100 valence electrons. The van der Waals surface area contributed by atoms with Crippen LogP contribution in [0.15, 0.2) is 35.7 Å². The molecular weight excluding hydrogens is 261 g/mol. The van der Waals surface area contributed by atoms with Gasteiger partial charge in [0.2, 0.25) is 5.91 Å². The monoisotopic (exact) mass is 277 g/mol. The first kappa shape index (κ1) is 13.7. The zero-order valence-corrected chi connectivity index (χ0v) is 11.6. The molecule has 1 N–H and O–H groups in total. The van der Waals surface area contributed by atoms with E-state index in [1.807, 2.05) is 18.4 Å². The average molecular weight is 277 g/mol. The number of thiophene rings is 1. The van der Waals surface area contributed by atoms with Gasteiger partial charge in [0.15, 0.2) is 0 Å². The highest BCUT2D eigenvalue weighted by Gasteiger charge is 2.07. The second-order valence-electron chi connectivity index (χ2n) is 4.46. The Morgan fingerprint density at radius 3 is 2.89 bits per heavy atom. The quantitative estimate of drug-likeness (QED) is 0.873. The summed E-state index contributed by atoms with van der Waals surface area (Å²) in [5.41, 5.74) is 1.10. The maximum Gasteiger partial charge on any atom is 0.224 e. The van der Waals surface area contributed by atoms with Crippen molar-refractivity contribution in [1.82, 2.24) is 0 Å².